The van der Waals surface area contributed by atoms with Gasteiger partial charge in [-0.05, 0) is 56.0 Å². The number of Topliss-reactive ketones (excluding diaryl/α,β-unsaturated/α-hetero) is 1. The van der Waals surface area contributed by atoms with Gasteiger partial charge in [-0.3, -0.25) is 19.2 Å². The molecule has 3 aliphatic carbocycles. The van der Waals surface area contributed by atoms with Gasteiger partial charge in [-0.15, -0.1) is 0 Å². The normalized spacial score (nSPS) is 25.4. The predicted octanol–water partition coefficient (Wildman–Crippen LogP) is 3.44. The monoisotopic (exact) mass is 555 g/mol. The van der Waals surface area contributed by atoms with Crippen molar-refractivity contribution in [3.8, 4) is 17.2 Å². The lowest BCUT2D eigenvalue weighted by Gasteiger charge is -2.42. The molecule has 0 aromatic heterocycles. The molecule has 2 aromatic rings. The van der Waals surface area contributed by atoms with Gasteiger partial charge in [0.2, 0.25) is 11.8 Å². The minimum atomic E-state index is -1.36. The second-order valence-electron chi connectivity index (χ2n) is 10.6. The predicted molar refractivity (Wildman–Crippen MR) is 144 cm³/mol. The minimum absolute atomic E-state index is 0.0378. The SMILES string of the molecule is COc1cccc(O)c1C1C2=CCC3C(=O)N(c4ccc(C(=O)O)c(O)c4)C(=O)C3C2CC2=C1C(=O)C=C(C)C2=O. The summed E-state index contributed by atoms with van der Waals surface area (Å²) in [5.74, 6) is -6.69. The Balaban J connectivity index is 1.49. The number of allylic oxidation sites excluding steroid dienone is 6. The highest BCUT2D eigenvalue weighted by molar-refractivity contribution is 6.25. The molecular formula is C31H25NO9. The molecule has 0 spiro atoms. The van der Waals surface area contributed by atoms with Gasteiger partial charge in [0.05, 0.1) is 24.6 Å². The maximum absolute atomic E-state index is 14.0. The summed E-state index contributed by atoms with van der Waals surface area (Å²) in [6, 6.07) is 8.18. The van der Waals surface area contributed by atoms with Gasteiger partial charge >= 0.3 is 5.97 Å². The Bertz CT molecular complexity index is 1690. The van der Waals surface area contributed by atoms with Crippen LogP contribution in [0.3, 0.4) is 0 Å². The second kappa shape index (κ2) is 9.29. The highest BCUT2D eigenvalue weighted by Crippen LogP contribution is 2.57. The second-order valence-corrected chi connectivity index (χ2v) is 10.6. The maximum Gasteiger partial charge on any atom is 0.339 e. The quantitative estimate of drug-likeness (QED) is 0.292. The number of hydrogen-bond donors (Lipinski definition) is 3. The van der Waals surface area contributed by atoms with Crippen molar-refractivity contribution in [1.29, 1.82) is 0 Å². The van der Waals surface area contributed by atoms with Gasteiger partial charge < -0.3 is 20.1 Å². The number of carboxylic acid groups (broad SMARTS) is 1. The highest BCUT2D eigenvalue weighted by atomic mass is 16.5. The number of phenols is 2. The molecule has 1 fully saturated rings. The van der Waals surface area contributed by atoms with Crippen molar-refractivity contribution in [3.05, 3.63) is 82.0 Å². The van der Waals surface area contributed by atoms with Gasteiger partial charge in [0, 0.05) is 34.3 Å². The Labute approximate surface area is 233 Å². The molecule has 0 saturated carbocycles. The van der Waals surface area contributed by atoms with Crippen LogP contribution in [0.2, 0.25) is 0 Å². The van der Waals surface area contributed by atoms with Crippen LogP contribution in [0.15, 0.2) is 70.8 Å². The average Bonchev–Trinajstić information content (AvgIpc) is 3.19. The molecule has 2 amide bonds. The first-order valence-electron chi connectivity index (χ1n) is 13.0. The summed E-state index contributed by atoms with van der Waals surface area (Å²) in [6.45, 7) is 1.55. The van der Waals surface area contributed by atoms with E-state index in [9.17, 15) is 39.3 Å². The van der Waals surface area contributed by atoms with Crippen LogP contribution in [0, 0.1) is 17.8 Å². The molecule has 208 valence electrons. The number of carbonyl (C=O) groups is 5. The van der Waals surface area contributed by atoms with Crippen molar-refractivity contribution in [2.24, 2.45) is 17.8 Å². The van der Waals surface area contributed by atoms with Gasteiger partial charge in [-0.2, -0.15) is 0 Å². The molecule has 10 nitrogen and oxygen atoms in total. The van der Waals surface area contributed by atoms with E-state index in [4.69, 9.17) is 4.74 Å². The molecule has 4 aliphatic rings. The molecular weight excluding hydrogens is 530 g/mol. The molecule has 1 aliphatic heterocycles. The summed E-state index contributed by atoms with van der Waals surface area (Å²) < 4.78 is 5.54. The first kappa shape index (κ1) is 26.2. The molecule has 4 atom stereocenters. The number of benzene rings is 2. The lowest BCUT2D eigenvalue weighted by Crippen LogP contribution is -2.40. The third-order valence-corrected chi connectivity index (χ3v) is 8.58. The molecule has 10 heteroatoms. The van der Waals surface area contributed by atoms with Crippen LogP contribution in [0.25, 0.3) is 0 Å². The van der Waals surface area contributed by atoms with E-state index < -0.39 is 47.2 Å². The third kappa shape index (κ3) is 3.74. The van der Waals surface area contributed by atoms with Crippen molar-refractivity contribution in [2.75, 3.05) is 12.0 Å². The van der Waals surface area contributed by atoms with Gasteiger partial charge in [-0.25, -0.2) is 9.69 Å². The van der Waals surface area contributed by atoms with Crippen molar-refractivity contribution in [1.82, 2.24) is 0 Å². The van der Waals surface area contributed by atoms with E-state index in [2.05, 4.69) is 0 Å². The van der Waals surface area contributed by atoms with Crippen LogP contribution < -0.4 is 9.64 Å². The van der Waals surface area contributed by atoms with Crippen LogP contribution in [0.1, 0.15) is 41.6 Å². The number of aromatic carboxylic acids is 1. The fraction of sp³-hybridized carbons (Fsp3) is 0.258. The van der Waals surface area contributed by atoms with E-state index in [0.29, 0.717) is 16.9 Å². The van der Waals surface area contributed by atoms with Crippen molar-refractivity contribution < 1.29 is 44.0 Å². The number of aromatic hydroxyl groups is 2. The summed E-state index contributed by atoms with van der Waals surface area (Å²) in [7, 11) is 1.43. The highest BCUT2D eigenvalue weighted by Gasteiger charge is 2.57. The lowest BCUT2D eigenvalue weighted by molar-refractivity contribution is -0.123. The number of ether oxygens (including phenoxy) is 1. The zero-order valence-electron chi connectivity index (χ0n) is 22.1. The summed E-state index contributed by atoms with van der Waals surface area (Å²) in [5.41, 5.74) is 1.35. The largest absolute Gasteiger partial charge is 0.507 e. The molecule has 41 heavy (non-hydrogen) atoms. The first-order valence-corrected chi connectivity index (χ1v) is 13.0. The molecule has 6 rings (SSSR count). The van der Waals surface area contributed by atoms with Gasteiger partial charge in [-0.1, -0.05) is 17.7 Å². The number of ketones is 2. The van der Waals surface area contributed by atoms with Crippen LogP contribution in [-0.4, -0.2) is 51.8 Å². The molecule has 0 bridgehead atoms. The van der Waals surface area contributed by atoms with Crippen LogP contribution >= 0.6 is 0 Å². The Morgan fingerprint density at radius 2 is 1.76 bits per heavy atom. The molecule has 0 radical (unpaired) electrons. The van der Waals surface area contributed by atoms with E-state index in [1.807, 2.05) is 6.08 Å². The summed E-state index contributed by atoms with van der Waals surface area (Å²) in [6.07, 6.45) is 3.32. The van der Waals surface area contributed by atoms with Crippen LogP contribution in [0.4, 0.5) is 5.69 Å². The summed E-state index contributed by atoms with van der Waals surface area (Å²) in [4.78, 5) is 66.7. The van der Waals surface area contributed by atoms with E-state index in [1.165, 1.54) is 25.3 Å². The van der Waals surface area contributed by atoms with Crippen molar-refractivity contribution >= 4 is 35.0 Å². The number of methoxy groups -OCH3 is 1. The van der Waals surface area contributed by atoms with Crippen LogP contribution in [0.5, 0.6) is 17.2 Å². The fourth-order valence-electron chi connectivity index (χ4n) is 6.81. The Hall–Kier alpha value is -4.99. The van der Waals surface area contributed by atoms with Gasteiger partial charge in [0.1, 0.15) is 22.8 Å². The maximum atomic E-state index is 14.0. The number of carbonyl (C=O) groups excluding carboxylic acids is 4. The fourth-order valence-corrected chi connectivity index (χ4v) is 6.81. The number of amides is 2. The summed E-state index contributed by atoms with van der Waals surface area (Å²) in [5, 5.41) is 30.5. The van der Waals surface area contributed by atoms with Gasteiger partial charge in [0.15, 0.2) is 11.6 Å². The number of hydrogen-bond acceptors (Lipinski definition) is 8. The number of rotatable bonds is 4. The Morgan fingerprint density at radius 1 is 1.00 bits per heavy atom. The number of anilines is 1. The number of imide groups is 1. The van der Waals surface area contributed by atoms with Crippen LogP contribution in [-0.2, 0) is 19.2 Å². The van der Waals surface area contributed by atoms with E-state index in [0.717, 1.165) is 17.0 Å². The summed E-state index contributed by atoms with van der Waals surface area (Å²) >= 11 is 0. The Kier molecular flexibility index (Phi) is 5.95. The average molecular weight is 556 g/mol. The lowest BCUT2D eigenvalue weighted by atomic mass is 9.59. The molecule has 1 heterocycles. The Morgan fingerprint density at radius 3 is 2.44 bits per heavy atom. The zero-order valence-corrected chi connectivity index (χ0v) is 22.1. The van der Waals surface area contributed by atoms with Crippen molar-refractivity contribution in [2.45, 2.75) is 25.7 Å². The standard InChI is InChI=1S/C31H25NO9/c1-13-10-22(35)25-19(28(13)36)12-18-15(26(25)27-20(33)4-3-5-23(27)41-2)8-9-17-24(18)30(38)32(29(17)37)14-6-7-16(31(39)40)21(34)11-14/h3-8,10-11,17-18,24,26,33-34H,9,12H2,1-2H3,(H,39,40). The van der Waals surface area contributed by atoms with Gasteiger partial charge in [0.25, 0.3) is 0 Å². The molecule has 4 unspecified atom stereocenters. The first-order chi connectivity index (χ1) is 19.5. The topological polar surface area (TPSA) is 159 Å². The van der Waals surface area contributed by atoms with E-state index in [-0.39, 0.29) is 58.1 Å². The minimum Gasteiger partial charge on any atom is -0.507 e. The molecule has 3 N–H and O–H groups in total. The number of phenolic OH excluding ortho intramolecular Hbond substituents is 1. The number of carboxylic acids is 1. The zero-order chi connectivity index (χ0) is 29.3. The van der Waals surface area contributed by atoms with Crippen molar-refractivity contribution in [3.63, 3.8) is 0 Å². The number of fused-ring (bicyclic) bond motifs is 3. The molecule has 2 aromatic carbocycles. The number of nitrogens with zero attached hydrogens (tertiary/aromatic N) is 1. The van der Waals surface area contributed by atoms with E-state index >= 15 is 0 Å². The molecule has 1 saturated heterocycles. The third-order valence-electron chi connectivity index (χ3n) is 8.58. The smallest absolute Gasteiger partial charge is 0.339 e. The van der Waals surface area contributed by atoms with E-state index in [1.54, 1.807) is 19.1 Å².